The van der Waals surface area contributed by atoms with Crippen LogP contribution in [0.4, 0.5) is 0 Å². The van der Waals surface area contributed by atoms with Gasteiger partial charge in [0, 0.05) is 40.7 Å². The molecule has 100 valence electrons. The average Bonchev–Trinajstić information content (AvgIpc) is 2.99. The summed E-state index contributed by atoms with van der Waals surface area (Å²) in [6, 6.07) is 6.42. The molecule has 0 radical (unpaired) electrons. The lowest BCUT2D eigenvalue weighted by Crippen LogP contribution is -2.19. The lowest BCUT2D eigenvalue weighted by atomic mass is 10.1. The summed E-state index contributed by atoms with van der Waals surface area (Å²) >= 11 is 1.90. The van der Waals surface area contributed by atoms with Crippen molar-refractivity contribution in [3.63, 3.8) is 0 Å². The Hall–Kier alpha value is -1.26. The molecule has 2 aromatic heterocycles. The largest absolute Gasteiger partial charge is 0.298 e. The molecule has 0 N–H and O–H groups in total. The highest BCUT2D eigenvalue weighted by molar-refractivity contribution is 7.11. The second kappa shape index (κ2) is 5.39. The van der Waals surface area contributed by atoms with Gasteiger partial charge in [-0.2, -0.15) is 0 Å². The van der Waals surface area contributed by atoms with E-state index in [1.165, 1.54) is 16.2 Å². The molecule has 0 spiro atoms. The third-order valence-electron chi connectivity index (χ3n) is 3.63. The van der Waals surface area contributed by atoms with Gasteiger partial charge in [-0.3, -0.25) is 4.90 Å². The van der Waals surface area contributed by atoms with Crippen LogP contribution in [0.5, 0.6) is 0 Å². The van der Waals surface area contributed by atoms with Crippen molar-refractivity contribution in [3.05, 3.63) is 45.7 Å². The summed E-state index contributed by atoms with van der Waals surface area (Å²) in [5, 5.41) is 0. The fourth-order valence-corrected chi connectivity index (χ4v) is 3.58. The smallest absolute Gasteiger partial charge is 0.132 e. The molecule has 0 unspecified atom stereocenters. The first kappa shape index (κ1) is 12.8. The van der Waals surface area contributed by atoms with Gasteiger partial charge in [0.25, 0.3) is 0 Å². The van der Waals surface area contributed by atoms with Crippen molar-refractivity contribution in [2.45, 2.75) is 32.7 Å². The van der Waals surface area contributed by atoms with Crippen molar-refractivity contribution in [2.24, 2.45) is 0 Å². The molecule has 0 bridgehead atoms. The normalized spacial score (nSPS) is 20.0. The number of thiophene rings is 1. The number of rotatable bonds is 3. The topological polar surface area (TPSA) is 29.0 Å². The second-order valence-electron chi connectivity index (χ2n) is 5.29. The molecular weight excluding hydrogens is 254 g/mol. The maximum Gasteiger partial charge on any atom is 0.132 e. The van der Waals surface area contributed by atoms with Gasteiger partial charge in [0.1, 0.15) is 5.82 Å². The van der Waals surface area contributed by atoms with Crippen LogP contribution >= 0.6 is 11.3 Å². The van der Waals surface area contributed by atoms with E-state index >= 15 is 0 Å². The van der Waals surface area contributed by atoms with Crippen molar-refractivity contribution in [1.82, 2.24) is 14.9 Å². The van der Waals surface area contributed by atoms with E-state index < -0.39 is 0 Å². The molecule has 3 rings (SSSR count). The number of aromatic nitrogens is 2. The molecule has 0 amide bonds. The fourth-order valence-electron chi connectivity index (χ4n) is 2.64. The van der Waals surface area contributed by atoms with Gasteiger partial charge in [0.2, 0.25) is 0 Å². The molecule has 1 atom stereocenters. The van der Waals surface area contributed by atoms with Crippen LogP contribution in [0.15, 0.2) is 24.4 Å². The highest BCUT2D eigenvalue weighted by atomic mass is 32.1. The van der Waals surface area contributed by atoms with E-state index in [0.29, 0.717) is 5.92 Å². The van der Waals surface area contributed by atoms with Crippen LogP contribution < -0.4 is 0 Å². The third-order valence-corrected chi connectivity index (χ3v) is 4.61. The molecule has 0 saturated carbocycles. The summed E-state index contributed by atoms with van der Waals surface area (Å²) in [6.07, 6.45) is 3.05. The van der Waals surface area contributed by atoms with Crippen LogP contribution in [0.2, 0.25) is 0 Å². The lowest BCUT2D eigenvalue weighted by molar-refractivity contribution is 0.328. The van der Waals surface area contributed by atoms with E-state index in [1.54, 1.807) is 0 Å². The zero-order valence-corrected chi connectivity index (χ0v) is 12.3. The van der Waals surface area contributed by atoms with E-state index in [9.17, 15) is 0 Å². The molecule has 1 fully saturated rings. The molecule has 1 saturated heterocycles. The minimum absolute atomic E-state index is 0.501. The van der Waals surface area contributed by atoms with Gasteiger partial charge in [0.05, 0.1) is 0 Å². The number of hydrogen-bond acceptors (Lipinski definition) is 4. The summed E-state index contributed by atoms with van der Waals surface area (Å²) in [5.74, 6) is 1.52. The van der Waals surface area contributed by atoms with E-state index in [4.69, 9.17) is 0 Å². The Kier molecular flexibility index (Phi) is 3.62. The zero-order chi connectivity index (χ0) is 13.2. The standard InChI is InChI=1S/C15H19N3S/c1-11-5-7-16-15(17-11)13-6-8-18(9-13)10-14-4-3-12(2)19-14/h3-5,7,13H,6,8-10H2,1-2H3/t13-/m1/s1. The minimum atomic E-state index is 0.501. The lowest BCUT2D eigenvalue weighted by Gasteiger charge is -2.14. The van der Waals surface area contributed by atoms with Gasteiger partial charge < -0.3 is 0 Å². The van der Waals surface area contributed by atoms with Gasteiger partial charge in [0.15, 0.2) is 0 Å². The predicted octanol–water partition coefficient (Wildman–Crippen LogP) is 3.14. The van der Waals surface area contributed by atoms with Crippen LogP contribution in [0, 0.1) is 13.8 Å². The monoisotopic (exact) mass is 273 g/mol. The Labute approximate surface area is 118 Å². The van der Waals surface area contributed by atoms with Gasteiger partial charge in [-0.1, -0.05) is 0 Å². The third kappa shape index (κ3) is 3.01. The van der Waals surface area contributed by atoms with Crippen LogP contribution in [0.25, 0.3) is 0 Å². The van der Waals surface area contributed by atoms with Crippen molar-refractivity contribution in [1.29, 1.82) is 0 Å². The molecule has 1 aliphatic rings. The minimum Gasteiger partial charge on any atom is -0.298 e. The van der Waals surface area contributed by atoms with Crippen molar-refractivity contribution >= 4 is 11.3 Å². The SMILES string of the molecule is Cc1ccnc([C@@H]2CCN(Cc3ccc(C)s3)C2)n1. The number of nitrogens with zero attached hydrogens (tertiary/aromatic N) is 3. The first-order chi connectivity index (χ1) is 9.20. The van der Waals surface area contributed by atoms with Gasteiger partial charge in [-0.25, -0.2) is 9.97 Å². The van der Waals surface area contributed by atoms with Crippen LogP contribution in [-0.2, 0) is 6.54 Å². The summed E-state index contributed by atoms with van der Waals surface area (Å²) in [5.41, 5.74) is 1.07. The van der Waals surface area contributed by atoms with Crippen LogP contribution in [-0.4, -0.2) is 28.0 Å². The Balaban J connectivity index is 1.64. The molecule has 4 heteroatoms. The molecule has 19 heavy (non-hydrogen) atoms. The van der Waals surface area contributed by atoms with E-state index in [-0.39, 0.29) is 0 Å². The Morgan fingerprint density at radius 1 is 1.32 bits per heavy atom. The molecule has 3 nitrogen and oxygen atoms in total. The van der Waals surface area contributed by atoms with Crippen LogP contribution in [0.1, 0.15) is 33.6 Å². The van der Waals surface area contributed by atoms with Crippen molar-refractivity contribution in [3.8, 4) is 0 Å². The van der Waals surface area contributed by atoms with Crippen molar-refractivity contribution < 1.29 is 0 Å². The number of aryl methyl sites for hydroxylation is 2. The second-order valence-corrected chi connectivity index (χ2v) is 6.66. The van der Waals surface area contributed by atoms with Gasteiger partial charge in [-0.05, 0) is 45.0 Å². The highest BCUT2D eigenvalue weighted by Gasteiger charge is 2.26. The first-order valence-corrected chi connectivity index (χ1v) is 7.59. The summed E-state index contributed by atoms with van der Waals surface area (Å²) < 4.78 is 0. The van der Waals surface area contributed by atoms with Gasteiger partial charge >= 0.3 is 0 Å². The molecule has 2 aromatic rings. The number of hydrogen-bond donors (Lipinski definition) is 0. The first-order valence-electron chi connectivity index (χ1n) is 6.78. The maximum atomic E-state index is 4.57. The quantitative estimate of drug-likeness (QED) is 0.860. The Morgan fingerprint density at radius 2 is 2.21 bits per heavy atom. The summed E-state index contributed by atoms with van der Waals surface area (Å²) in [7, 11) is 0. The molecule has 0 aromatic carbocycles. The number of likely N-dealkylation sites (tertiary alicyclic amines) is 1. The maximum absolute atomic E-state index is 4.57. The Bertz CT molecular complexity index is 564. The molecule has 3 heterocycles. The van der Waals surface area contributed by atoms with Crippen molar-refractivity contribution in [2.75, 3.05) is 13.1 Å². The fraction of sp³-hybridized carbons (Fsp3) is 0.467. The van der Waals surface area contributed by atoms with Crippen LogP contribution in [0.3, 0.4) is 0 Å². The summed E-state index contributed by atoms with van der Waals surface area (Å²) in [4.78, 5) is 14.4. The Morgan fingerprint density at radius 3 is 2.95 bits per heavy atom. The molecular formula is C15H19N3S. The van der Waals surface area contributed by atoms with Gasteiger partial charge in [-0.15, -0.1) is 11.3 Å². The zero-order valence-electron chi connectivity index (χ0n) is 11.5. The molecule has 1 aliphatic heterocycles. The van der Waals surface area contributed by atoms with E-state index in [2.05, 4.69) is 33.9 Å². The predicted molar refractivity (Wildman–Crippen MR) is 78.5 cm³/mol. The van der Waals surface area contributed by atoms with E-state index in [0.717, 1.165) is 31.2 Å². The molecule has 0 aliphatic carbocycles. The summed E-state index contributed by atoms with van der Waals surface area (Å²) in [6.45, 7) is 7.51. The van der Waals surface area contributed by atoms with E-state index in [1.807, 2.05) is 30.5 Å². The average molecular weight is 273 g/mol. The highest BCUT2D eigenvalue weighted by Crippen LogP contribution is 2.27.